The summed E-state index contributed by atoms with van der Waals surface area (Å²) in [6, 6.07) is 9.89. The molecule has 0 saturated carbocycles. The molecule has 3 aromatic rings. The second-order valence-corrected chi connectivity index (χ2v) is 5.57. The molecule has 1 aliphatic heterocycles. The highest BCUT2D eigenvalue weighted by molar-refractivity contribution is 5.86. The molecule has 0 bridgehead atoms. The van der Waals surface area contributed by atoms with Crippen LogP contribution in [0, 0.1) is 0 Å². The molecule has 10 heteroatoms. The number of hydrogen-bond acceptors (Lipinski definition) is 7. The number of para-hydroxylation sites is 1. The predicted octanol–water partition coefficient (Wildman–Crippen LogP) is 2.34. The molecule has 1 unspecified atom stereocenters. The molecule has 1 aliphatic rings. The number of aromatic nitrogens is 4. The standard InChI is InChI=1S/C16H19N7O.2ClH/c1-2-4-11(5-3-1)21-15-13-14(20-10-19-13)22-16(23-15)18-9-12-8-17-6-7-24-12;;/h1-5,10,12,17H,6-9H2,(H3,18,19,20,21,22,23);2*1H. The van der Waals surface area contributed by atoms with E-state index in [2.05, 4.69) is 35.9 Å². The minimum Gasteiger partial charge on any atom is -0.374 e. The summed E-state index contributed by atoms with van der Waals surface area (Å²) in [5, 5.41) is 9.85. The number of benzene rings is 1. The van der Waals surface area contributed by atoms with Crippen molar-refractivity contribution < 1.29 is 4.74 Å². The minimum absolute atomic E-state index is 0. The van der Waals surface area contributed by atoms with Crippen molar-refractivity contribution in [1.82, 2.24) is 25.3 Å². The van der Waals surface area contributed by atoms with Crippen molar-refractivity contribution in [3.05, 3.63) is 36.7 Å². The number of fused-ring (bicyclic) bond motifs is 1. The van der Waals surface area contributed by atoms with Gasteiger partial charge in [0.1, 0.15) is 5.52 Å². The molecule has 4 rings (SSSR count). The maximum absolute atomic E-state index is 5.68. The van der Waals surface area contributed by atoms with Crippen LogP contribution in [0.2, 0.25) is 0 Å². The van der Waals surface area contributed by atoms with Crippen molar-refractivity contribution >= 4 is 53.4 Å². The third-order valence-electron chi connectivity index (χ3n) is 3.81. The van der Waals surface area contributed by atoms with E-state index in [1.165, 1.54) is 0 Å². The molecule has 1 atom stereocenters. The van der Waals surface area contributed by atoms with Crippen LogP contribution < -0.4 is 16.0 Å². The molecule has 1 aromatic carbocycles. The summed E-state index contributed by atoms with van der Waals surface area (Å²) in [6.07, 6.45) is 1.73. The first-order valence-corrected chi connectivity index (χ1v) is 7.98. The fraction of sp³-hybridized carbons (Fsp3) is 0.312. The van der Waals surface area contributed by atoms with E-state index in [9.17, 15) is 0 Å². The fourth-order valence-corrected chi connectivity index (χ4v) is 2.62. The Morgan fingerprint density at radius 1 is 1.15 bits per heavy atom. The number of aromatic amines is 1. The maximum Gasteiger partial charge on any atom is 0.226 e. The number of ether oxygens (including phenoxy) is 1. The molecule has 1 saturated heterocycles. The minimum atomic E-state index is 0. The van der Waals surface area contributed by atoms with E-state index >= 15 is 0 Å². The van der Waals surface area contributed by atoms with Crippen LogP contribution in [-0.2, 0) is 4.74 Å². The monoisotopic (exact) mass is 397 g/mol. The van der Waals surface area contributed by atoms with Gasteiger partial charge < -0.3 is 25.7 Å². The molecule has 0 spiro atoms. The SMILES string of the molecule is Cl.Cl.c1ccc(Nc2nc(NCC3CNCCO3)nc3nc[nH]c23)cc1. The van der Waals surface area contributed by atoms with Crippen molar-refractivity contribution in [1.29, 1.82) is 0 Å². The van der Waals surface area contributed by atoms with Crippen molar-refractivity contribution in [3.63, 3.8) is 0 Å². The summed E-state index contributed by atoms with van der Waals surface area (Å²) in [5.41, 5.74) is 2.35. The zero-order valence-corrected chi connectivity index (χ0v) is 15.6. The summed E-state index contributed by atoms with van der Waals surface area (Å²) in [5.74, 6) is 1.22. The molecule has 0 aliphatic carbocycles. The van der Waals surface area contributed by atoms with Gasteiger partial charge in [-0.15, -0.1) is 24.8 Å². The third-order valence-corrected chi connectivity index (χ3v) is 3.81. The first-order chi connectivity index (χ1) is 11.9. The van der Waals surface area contributed by atoms with Crippen LogP contribution in [0.3, 0.4) is 0 Å². The molecule has 3 heterocycles. The van der Waals surface area contributed by atoms with Gasteiger partial charge in [-0.1, -0.05) is 18.2 Å². The Hall–Kier alpha value is -2.13. The summed E-state index contributed by atoms with van der Waals surface area (Å²) in [7, 11) is 0. The Labute approximate surface area is 163 Å². The maximum atomic E-state index is 5.68. The van der Waals surface area contributed by atoms with Gasteiger partial charge in [-0.05, 0) is 12.1 Å². The summed E-state index contributed by atoms with van der Waals surface area (Å²) < 4.78 is 5.68. The second kappa shape index (κ2) is 9.54. The third kappa shape index (κ3) is 4.73. The van der Waals surface area contributed by atoms with Crippen LogP contribution in [0.1, 0.15) is 0 Å². The van der Waals surface area contributed by atoms with Crippen LogP contribution in [-0.4, -0.2) is 52.3 Å². The largest absolute Gasteiger partial charge is 0.374 e. The predicted molar refractivity (Wildman–Crippen MR) is 107 cm³/mol. The van der Waals surface area contributed by atoms with Gasteiger partial charge in [0.25, 0.3) is 0 Å². The highest BCUT2D eigenvalue weighted by atomic mass is 35.5. The van der Waals surface area contributed by atoms with E-state index in [1.54, 1.807) is 6.33 Å². The lowest BCUT2D eigenvalue weighted by atomic mass is 10.3. The number of nitrogens with zero attached hydrogens (tertiary/aromatic N) is 3. The second-order valence-electron chi connectivity index (χ2n) is 5.57. The Balaban J connectivity index is 0.00000121. The fourth-order valence-electron chi connectivity index (χ4n) is 2.62. The van der Waals surface area contributed by atoms with Gasteiger partial charge in [0.05, 0.1) is 19.0 Å². The molecule has 1 fully saturated rings. The number of imidazole rings is 1. The van der Waals surface area contributed by atoms with Gasteiger partial charge in [-0.25, -0.2) is 4.98 Å². The number of anilines is 3. The highest BCUT2D eigenvalue weighted by Crippen LogP contribution is 2.22. The molecule has 140 valence electrons. The van der Waals surface area contributed by atoms with E-state index in [-0.39, 0.29) is 30.9 Å². The topological polar surface area (TPSA) is 99.8 Å². The molecule has 2 aromatic heterocycles. The molecule has 0 radical (unpaired) electrons. The van der Waals surface area contributed by atoms with Crippen LogP contribution in [0.15, 0.2) is 36.7 Å². The average Bonchev–Trinajstić information content (AvgIpc) is 3.11. The zero-order valence-electron chi connectivity index (χ0n) is 13.9. The van der Waals surface area contributed by atoms with Crippen molar-refractivity contribution in [2.75, 3.05) is 36.9 Å². The van der Waals surface area contributed by atoms with Crippen LogP contribution in [0.25, 0.3) is 11.2 Å². The molecule has 26 heavy (non-hydrogen) atoms. The van der Waals surface area contributed by atoms with Crippen LogP contribution >= 0.6 is 24.8 Å². The summed E-state index contributed by atoms with van der Waals surface area (Å²) in [4.78, 5) is 16.3. The van der Waals surface area contributed by atoms with Gasteiger partial charge in [0.2, 0.25) is 5.95 Å². The van der Waals surface area contributed by atoms with Gasteiger partial charge in [-0.2, -0.15) is 9.97 Å². The number of morpholine rings is 1. The Bertz CT molecular complexity index is 809. The van der Waals surface area contributed by atoms with Crippen molar-refractivity contribution in [2.45, 2.75) is 6.10 Å². The number of H-pyrrole nitrogens is 1. The number of halogens is 2. The highest BCUT2D eigenvalue weighted by Gasteiger charge is 2.15. The molecule has 8 nitrogen and oxygen atoms in total. The lowest BCUT2D eigenvalue weighted by Crippen LogP contribution is -2.42. The van der Waals surface area contributed by atoms with E-state index < -0.39 is 0 Å². The molecular formula is C16H21Cl2N7O. The lowest BCUT2D eigenvalue weighted by molar-refractivity contribution is 0.0371. The van der Waals surface area contributed by atoms with E-state index in [4.69, 9.17) is 4.74 Å². The first kappa shape index (κ1) is 20.2. The quantitative estimate of drug-likeness (QED) is 0.524. The van der Waals surface area contributed by atoms with Gasteiger partial charge in [0, 0.05) is 25.3 Å². The summed E-state index contributed by atoms with van der Waals surface area (Å²) in [6.45, 7) is 3.10. The Morgan fingerprint density at radius 3 is 2.77 bits per heavy atom. The van der Waals surface area contributed by atoms with E-state index in [0.717, 1.165) is 30.9 Å². The number of hydrogen-bond donors (Lipinski definition) is 4. The molecule has 4 N–H and O–H groups in total. The number of rotatable bonds is 5. The van der Waals surface area contributed by atoms with E-state index in [0.29, 0.717) is 24.0 Å². The Morgan fingerprint density at radius 2 is 2.00 bits per heavy atom. The normalized spacial score (nSPS) is 16.4. The van der Waals surface area contributed by atoms with E-state index in [1.807, 2.05) is 30.3 Å². The average molecular weight is 398 g/mol. The Kier molecular flexibility index (Phi) is 7.40. The summed E-state index contributed by atoms with van der Waals surface area (Å²) >= 11 is 0. The van der Waals surface area contributed by atoms with Gasteiger partial charge in [-0.3, -0.25) is 0 Å². The molecule has 0 amide bonds. The number of nitrogens with one attached hydrogen (secondary N) is 4. The van der Waals surface area contributed by atoms with Crippen LogP contribution in [0.4, 0.5) is 17.5 Å². The van der Waals surface area contributed by atoms with Gasteiger partial charge >= 0.3 is 0 Å². The van der Waals surface area contributed by atoms with Crippen molar-refractivity contribution in [2.24, 2.45) is 0 Å². The van der Waals surface area contributed by atoms with Gasteiger partial charge in [0.15, 0.2) is 11.5 Å². The smallest absolute Gasteiger partial charge is 0.226 e. The van der Waals surface area contributed by atoms with Crippen molar-refractivity contribution in [3.8, 4) is 0 Å². The molecular weight excluding hydrogens is 377 g/mol. The lowest BCUT2D eigenvalue weighted by Gasteiger charge is -2.23. The van der Waals surface area contributed by atoms with Crippen LogP contribution in [0.5, 0.6) is 0 Å². The zero-order chi connectivity index (χ0) is 16.2. The first-order valence-electron chi connectivity index (χ1n) is 7.98.